The first-order chi connectivity index (χ1) is 9.99. The molecule has 2 aromatic carbocycles. The first kappa shape index (κ1) is 14.8. The van der Waals surface area contributed by atoms with E-state index in [9.17, 15) is 4.79 Å². The molecule has 0 radical (unpaired) electrons. The van der Waals surface area contributed by atoms with Gasteiger partial charge < -0.3 is 0 Å². The summed E-state index contributed by atoms with van der Waals surface area (Å²) in [6.07, 6.45) is 0. The van der Waals surface area contributed by atoms with Crippen LogP contribution in [0.1, 0.15) is 5.56 Å². The van der Waals surface area contributed by atoms with Crippen molar-refractivity contribution in [2.75, 3.05) is 0 Å². The third kappa shape index (κ3) is 2.56. The smallest absolute Gasteiger partial charge is 0.267 e. The van der Waals surface area contributed by atoms with Crippen molar-refractivity contribution in [3.8, 4) is 5.69 Å². The monoisotopic (exact) mass is 430 g/mol. The first-order valence-corrected chi connectivity index (χ1v) is 7.96. The molecule has 3 aromatic rings. The number of benzene rings is 2. The van der Waals surface area contributed by atoms with Crippen LogP contribution in [0.25, 0.3) is 16.6 Å². The lowest BCUT2D eigenvalue weighted by atomic mass is 10.2. The number of aryl methyl sites for hydroxylation is 1. The van der Waals surface area contributed by atoms with Crippen LogP contribution >= 0.6 is 45.8 Å². The van der Waals surface area contributed by atoms with Crippen molar-refractivity contribution in [2.45, 2.75) is 6.92 Å². The van der Waals surface area contributed by atoms with Crippen LogP contribution in [0.5, 0.6) is 0 Å². The molecule has 0 aliphatic heterocycles. The minimum absolute atomic E-state index is 0.102. The van der Waals surface area contributed by atoms with Gasteiger partial charge in [-0.2, -0.15) is 0 Å². The predicted molar refractivity (Wildman–Crippen MR) is 94.8 cm³/mol. The molecule has 106 valence electrons. The Kier molecular flexibility index (Phi) is 3.94. The molecule has 3 nitrogen and oxygen atoms in total. The topological polar surface area (TPSA) is 34.9 Å². The average Bonchev–Trinajstić information content (AvgIpc) is 2.43. The highest BCUT2D eigenvalue weighted by Gasteiger charge is 2.15. The second-order valence-electron chi connectivity index (χ2n) is 4.59. The van der Waals surface area contributed by atoms with E-state index in [1.54, 1.807) is 18.2 Å². The van der Waals surface area contributed by atoms with Crippen LogP contribution < -0.4 is 5.56 Å². The number of hydrogen-bond donors (Lipinski definition) is 0. The third-order valence-electron chi connectivity index (χ3n) is 3.20. The Morgan fingerprint density at radius 3 is 2.67 bits per heavy atom. The van der Waals surface area contributed by atoms with Crippen LogP contribution in [-0.2, 0) is 0 Å². The van der Waals surface area contributed by atoms with Crippen LogP contribution in [0.2, 0.25) is 10.3 Å². The van der Waals surface area contributed by atoms with Crippen LogP contribution in [0.3, 0.4) is 0 Å². The van der Waals surface area contributed by atoms with Gasteiger partial charge in [-0.15, -0.1) is 0 Å². The maximum Gasteiger partial charge on any atom is 0.267 e. The molecule has 0 spiro atoms. The van der Waals surface area contributed by atoms with E-state index >= 15 is 0 Å². The van der Waals surface area contributed by atoms with E-state index in [0.717, 1.165) is 9.13 Å². The van der Waals surface area contributed by atoms with Gasteiger partial charge in [0.1, 0.15) is 0 Å². The molecular formula is C15H9Cl2IN2O. The van der Waals surface area contributed by atoms with E-state index in [1.807, 2.05) is 25.1 Å². The highest BCUT2D eigenvalue weighted by molar-refractivity contribution is 14.1. The van der Waals surface area contributed by atoms with Crippen LogP contribution in [0.15, 0.2) is 41.2 Å². The number of halogens is 3. The van der Waals surface area contributed by atoms with E-state index in [2.05, 4.69) is 27.6 Å². The molecular weight excluding hydrogens is 422 g/mol. The molecule has 0 bridgehead atoms. The summed E-state index contributed by atoms with van der Waals surface area (Å²) >= 11 is 14.6. The minimum atomic E-state index is -0.222. The maximum atomic E-state index is 12.8. The number of nitrogens with zero attached hydrogens (tertiary/aromatic N) is 2. The summed E-state index contributed by atoms with van der Waals surface area (Å²) in [6, 6.07) is 10.9. The van der Waals surface area contributed by atoms with Crippen LogP contribution in [0, 0.1) is 10.5 Å². The molecule has 3 rings (SSSR count). The quantitative estimate of drug-likeness (QED) is 0.417. The van der Waals surface area contributed by atoms with Gasteiger partial charge in [0, 0.05) is 3.57 Å². The molecule has 0 aliphatic rings. The molecule has 0 atom stereocenters. The van der Waals surface area contributed by atoms with Crippen molar-refractivity contribution < 1.29 is 0 Å². The maximum absolute atomic E-state index is 12.8. The largest absolute Gasteiger partial charge is 0.268 e. The third-order valence-corrected chi connectivity index (χ3v) is 4.43. The molecule has 0 N–H and O–H groups in total. The molecule has 0 unspecified atom stereocenters. The van der Waals surface area contributed by atoms with Gasteiger partial charge in [0.05, 0.1) is 21.6 Å². The van der Waals surface area contributed by atoms with Crippen LogP contribution in [0.4, 0.5) is 0 Å². The van der Waals surface area contributed by atoms with Gasteiger partial charge in [-0.25, -0.2) is 9.55 Å². The van der Waals surface area contributed by atoms with E-state index < -0.39 is 0 Å². The van der Waals surface area contributed by atoms with Gasteiger partial charge in [0.15, 0.2) is 0 Å². The second kappa shape index (κ2) is 5.59. The van der Waals surface area contributed by atoms with E-state index in [-0.39, 0.29) is 10.8 Å². The Bertz CT molecular complexity index is 901. The lowest BCUT2D eigenvalue weighted by Gasteiger charge is -2.13. The molecule has 21 heavy (non-hydrogen) atoms. The van der Waals surface area contributed by atoms with Gasteiger partial charge in [-0.1, -0.05) is 23.7 Å². The zero-order valence-corrected chi connectivity index (χ0v) is 14.6. The molecule has 1 aromatic heterocycles. The summed E-state index contributed by atoms with van der Waals surface area (Å²) in [5, 5.41) is 1.08. The Morgan fingerprint density at radius 2 is 1.95 bits per heavy atom. The van der Waals surface area contributed by atoms with Crippen molar-refractivity contribution in [1.82, 2.24) is 9.55 Å². The SMILES string of the molecule is Cc1cccc(Cl)c1-n1c(Cl)nc2ccc(I)cc2c1=O. The van der Waals surface area contributed by atoms with Gasteiger partial charge in [0.2, 0.25) is 5.28 Å². The number of aromatic nitrogens is 2. The zero-order chi connectivity index (χ0) is 15.1. The van der Waals surface area contributed by atoms with Gasteiger partial charge >= 0.3 is 0 Å². The Labute approximate surface area is 144 Å². The van der Waals surface area contributed by atoms with E-state index in [0.29, 0.717) is 21.6 Å². The van der Waals surface area contributed by atoms with Crippen molar-refractivity contribution in [3.05, 3.63) is 66.2 Å². The van der Waals surface area contributed by atoms with Crippen molar-refractivity contribution in [1.29, 1.82) is 0 Å². The minimum Gasteiger partial charge on any atom is -0.268 e. The normalized spacial score (nSPS) is 11.0. The lowest BCUT2D eigenvalue weighted by molar-refractivity contribution is 0.954. The number of hydrogen-bond acceptors (Lipinski definition) is 2. The van der Waals surface area contributed by atoms with Crippen LogP contribution in [-0.4, -0.2) is 9.55 Å². The highest BCUT2D eigenvalue weighted by Crippen LogP contribution is 2.26. The van der Waals surface area contributed by atoms with E-state index in [4.69, 9.17) is 23.2 Å². The molecule has 0 saturated carbocycles. The molecule has 0 saturated heterocycles. The summed E-state index contributed by atoms with van der Waals surface area (Å²) < 4.78 is 2.32. The standard InChI is InChI=1S/C15H9Cl2IN2O/c1-8-3-2-4-11(16)13(8)20-14(21)10-7-9(18)5-6-12(10)19-15(20)17/h2-7H,1H3. The summed E-state index contributed by atoms with van der Waals surface area (Å²) in [5.41, 5.74) is 1.78. The lowest BCUT2D eigenvalue weighted by Crippen LogP contribution is -2.21. The Hall–Kier alpha value is -1.11. The predicted octanol–water partition coefficient (Wildman–Crippen LogP) is 4.61. The first-order valence-electron chi connectivity index (χ1n) is 6.12. The summed E-state index contributed by atoms with van der Waals surface area (Å²) in [6.45, 7) is 1.88. The molecule has 0 aliphatic carbocycles. The number of rotatable bonds is 1. The number of para-hydroxylation sites is 1. The zero-order valence-electron chi connectivity index (χ0n) is 10.9. The summed E-state index contributed by atoms with van der Waals surface area (Å²) in [4.78, 5) is 17.1. The summed E-state index contributed by atoms with van der Waals surface area (Å²) in [5.74, 6) is 0. The van der Waals surface area contributed by atoms with E-state index in [1.165, 1.54) is 4.57 Å². The van der Waals surface area contributed by atoms with Gasteiger partial charge in [-0.05, 0) is 70.9 Å². The molecule has 1 heterocycles. The van der Waals surface area contributed by atoms with Gasteiger partial charge in [0.25, 0.3) is 5.56 Å². The fraction of sp³-hybridized carbons (Fsp3) is 0.0667. The average molecular weight is 431 g/mol. The molecule has 0 amide bonds. The van der Waals surface area contributed by atoms with Crippen molar-refractivity contribution in [2.24, 2.45) is 0 Å². The summed E-state index contributed by atoms with van der Waals surface area (Å²) in [7, 11) is 0. The highest BCUT2D eigenvalue weighted by atomic mass is 127. The fourth-order valence-corrected chi connectivity index (χ4v) is 3.28. The Morgan fingerprint density at radius 1 is 1.19 bits per heavy atom. The second-order valence-corrected chi connectivity index (χ2v) is 6.58. The van der Waals surface area contributed by atoms with Gasteiger partial charge in [-0.3, -0.25) is 4.79 Å². The molecule has 6 heteroatoms. The van der Waals surface area contributed by atoms with Crippen molar-refractivity contribution in [3.63, 3.8) is 0 Å². The molecule has 0 fully saturated rings. The Balaban J connectivity index is 2.46. The van der Waals surface area contributed by atoms with Crippen molar-refractivity contribution >= 4 is 56.7 Å². The fourth-order valence-electron chi connectivity index (χ4n) is 2.23. The number of fused-ring (bicyclic) bond motifs is 1.